The molecule has 29 heavy (non-hydrogen) atoms. The van der Waals surface area contributed by atoms with Gasteiger partial charge in [-0.05, 0) is 54.6 Å². The first-order valence-corrected chi connectivity index (χ1v) is 8.89. The second kappa shape index (κ2) is 7.37. The molecule has 0 unspecified atom stereocenters. The van der Waals surface area contributed by atoms with Gasteiger partial charge in [0.25, 0.3) is 11.5 Å². The predicted octanol–water partition coefficient (Wildman–Crippen LogP) is 4.14. The summed E-state index contributed by atoms with van der Waals surface area (Å²) in [5, 5.41) is 13.9. The first kappa shape index (κ1) is 18.6. The van der Waals surface area contributed by atoms with E-state index in [4.69, 9.17) is 11.6 Å². The maximum absolute atomic E-state index is 13.8. The van der Waals surface area contributed by atoms with E-state index in [1.54, 1.807) is 30.3 Å². The highest BCUT2D eigenvalue weighted by molar-refractivity contribution is 6.30. The summed E-state index contributed by atoms with van der Waals surface area (Å²) < 4.78 is 14.9. The van der Waals surface area contributed by atoms with Gasteiger partial charge in [-0.3, -0.25) is 14.2 Å². The van der Waals surface area contributed by atoms with Crippen LogP contribution in [-0.4, -0.2) is 20.6 Å². The molecule has 0 aliphatic carbocycles. The van der Waals surface area contributed by atoms with Crippen LogP contribution in [0.15, 0.2) is 71.7 Å². The number of aromatic nitrogens is 2. The molecule has 1 amide bonds. The van der Waals surface area contributed by atoms with Gasteiger partial charge in [-0.2, -0.15) is 0 Å². The number of rotatable bonds is 3. The van der Waals surface area contributed by atoms with E-state index in [-0.39, 0.29) is 16.7 Å². The molecule has 0 saturated heterocycles. The quantitative estimate of drug-likeness (QED) is 0.532. The van der Waals surface area contributed by atoms with Gasteiger partial charge in [-0.1, -0.05) is 17.7 Å². The molecule has 2 N–H and O–H groups in total. The maximum Gasteiger partial charge on any atom is 0.273 e. The largest absolute Gasteiger partial charge is 0.506 e. The lowest BCUT2D eigenvalue weighted by Crippen LogP contribution is -2.29. The van der Waals surface area contributed by atoms with Gasteiger partial charge in [0.1, 0.15) is 17.1 Å². The number of nitrogens with one attached hydrogen (secondary N) is 1. The Bertz CT molecular complexity index is 1300. The zero-order chi connectivity index (χ0) is 20.5. The number of anilines is 1. The SMILES string of the molecule is O=C(Nc1ccc(Cl)cc1)c1c(O)c2cccnc2n(-c2cccc(F)c2)c1=O. The first-order chi connectivity index (χ1) is 14.0. The first-order valence-electron chi connectivity index (χ1n) is 8.51. The molecule has 0 spiro atoms. The Morgan fingerprint density at radius 3 is 2.59 bits per heavy atom. The number of hydrogen-bond acceptors (Lipinski definition) is 4. The van der Waals surface area contributed by atoms with Gasteiger partial charge in [0.15, 0.2) is 5.65 Å². The van der Waals surface area contributed by atoms with E-state index < -0.39 is 28.6 Å². The van der Waals surface area contributed by atoms with Gasteiger partial charge in [-0.25, -0.2) is 9.37 Å². The predicted molar refractivity (Wildman–Crippen MR) is 108 cm³/mol. The molecule has 0 radical (unpaired) electrons. The Morgan fingerprint density at radius 1 is 1.10 bits per heavy atom. The monoisotopic (exact) mass is 409 g/mol. The summed E-state index contributed by atoms with van der Waals surface area (Å²) in [6.45, 7) is 0. The highest BCUT2D eigenvalue weighted by atomic mass is 35.5. The van der Waals surface area contributed by atoms with E-state index in [9.17, 15) is 19.1 Å². The number of benzene rings is 2. The van der Waals surface area contributed by atoms with Crippen molar-refractivity contribution in [3.05, 3.63) is 93.6 Å². The summed E-state index contributed by atoms with van der Waals surface area (Å²) in [6, 6.07) is 14.7. The molecule has 2 heterocycles. The highest BCUT2D eigenvalue weighted by Gasteiger charge is 2.23. The summed E-state index contributed by atoms with van der Waals surface area (Å²) in [7, 11) is 0. The molecule has 0 aliphatic rings. The minimum atomic E-state index is -0.828. The van der Waals surface area contributed by atoms with Gasteiger partial charge in [0.2, 0.25) is 0 Å². The average molecular weight is 410 g/mol. The number of pyridine rings is 2. The zero-order valence-corrected chi connectivity index (χ0v) is 15.5. The smallest absolute Gasteiger partial charge is 0.273 e. The number of halogens is 2. The third-order valence-electron chi connectivity index (χ3n) is 4.30. The van der Waals surface area contributed by atoms with Crippen molar-refractivity contribution in [1.29, 1.82) is 0 Å². The Kier molecular flexibility index (Phi) is 4.74. The molecule has 2 aromatic carbocycles. The van der Waals surface area contributed by atoms with Crippen molar-refractivity contribution in [2.75, 3.05) is 5.32 Å². The van der Waals surface area contributed by atoms with E-state index in [0.717, 1.165) is 10.6 Å². The Hall–Kier alpha value is -3.71. The van der Waals surface area contributed by atoms with Crippen LogP contribution in [0.3, 0.4) is 0 Å². The van der Waals surface area contributed by atoms with Gasteiger partial charge in [0, 0.05) is 16.9 Å². The molecular formula is C21H13ClFN3O3. The van der Waals surface area contributed by atoms with Crippen LogP contribution in [0.4, 0.5) is 10.1 Å². The standard InChI is InChI=1S/C21H13ClFN3O3/c22-12-6-8-14(9-7-12)25-20(28)17-18(27)16-5-2-10-24-19(16)26(21(17)29)15-4-1-3-13(23)11-15/h1-11,27H,(H,25,28). The van der Waals surface area contributed by atoms with Crippen molar-refractivity contribution in [3.63, 3.8) is 0 Å². The highest BCUT2D eigenvalue weighted by Crippen LogP contribution is 2.27. The fourth-order valence-electron chi connectivity index (χ4n) is 2.99. The molecular weight excluding hydrogens is 397 g/mol. The molecule has 0 aliphatic heterocycles. The fourth-order valence-corrected chi connectivity index (χ4v) is 3.12. The van der Waals surface area contributed by atoms with Crippen LogP contribution in [0.1, 0.15) is 10.4 Å². The lowest BCUT2D eigenvalue weighted by atomic mass is 10.1. The second-order valence-electron chi connectivity index (χ2n) is 6.18. The molecule has 144 valence electrons. The van der Waals surface area contributed by atoms with Crippen molar-refractivity contribution >= 4 is 34.2 Å². The minimum absolute atomic E-state index is 0.101. The van der Waals surface area contributed by atoms with Gasteiger partial charge < -0.3 is 10.4 Å². The molecule has 4 rings (SSSR count). The number of nitrogens with zero attached hydrogens (tertiary/aromatic N) is 2. The molecule has 6 nitrogen and oxygen atoms in total. The Balaban J connectivity index is 1.94. The van der Waals surface area contributed by atoms with E-state index in [1.165, 1.54) is 30.5 Å². The van der Waals surface area contributed by atoms with Crippen LogP contribution in [0, 0.1) is 5.82 Å². The van der Waals surface area contributed by atoms with Crippen molar-refractivity contribution in [1.82, 2.24) is 9.55 Å². The zero-order valence-electron chi connectivity index (χ0n) is 14.8. The van der Waals surface area contributed by atoms with E-state index >= 15 is 0 Å². The number of fused-ring (bicyclic) bond motifs is 1. The van der Waals surface area contributed by atoms with Crippen molar-refractivity contribution in [3.8, 4) is 11.4 Å². The number of amides is 1. The maximum atomic E-state index is 13.8. The Morgan fingerprint density at radius 2 is 1.86 bits per heavy atom. The number of carbonyl (C=O) groups excluding carboxylic acids is 1. The molecule has 2 aromatic heterocycles. The van der Waals surface area contributed by atoms with E-state index in [0.29, 0.717) is 10.7 Å². The van der Waals surface area contributed by atoms with E-state index in [2.05, 4.69) is 10.3 Å². The van der Waals surface area contributed by atoms with E-state index in [1.807, 2.05) is 0 Å². The molecule has 8 heteroatoms. The van der Waals surface area contributed by atoms with Crippen molar-refractivity contribution in [2.24, 2.45) is 0 Å². The van der Waals surface area contributed by atoms with Gasteiger partial charge in [0.05, 0.1) is 11.1 Å². The topological polar surface area (TPSA) is 84.2 Å². The lowest BCUT2D eigenvalue weighted by Gasteiger charge is -2.14. The van der Waals surface area contributed by atoms with Crippen molar-refractivity contribution in [2.45, 2.75) is 0 Å². The van der Waals surface area contributed by atoms with Crippen LogP contribution < -0.4 is 10.9 Å². The van der Waals surface area contributed by atoms with Crippen LogP contribution in [-0.2, 0) is 0 Å². The second-order valence-corrected chi connectivity index (χ2v) is 6.62. The van der Waals surface area contributed by atoms with Crippen molar-refractivity contribution < 1.29 is 14.3 Å². The third-order valence-corrected chi connectivity index (χ3v) is 4.55. The average Bonchev–Trinajstić information content (AvgIpc) is 2.70. The molecule has 0 saturated carbocycles. The Labute approximate surface area is 168 Å². The third kappa shape index (κ3) is 3.43. The number of aromatic hydroxyl groups is 1. The van der Waals surface area contributed by atoms with Gasteiger partial charge >= 0.3 is 0 Å². The minimum Gasteiger partial charge on any atom is -0.506 e. The van der Waals surface area contributed by atoms with Crippen LogP contribution in [0.5, 0.6) is 5.75 Å². The normalized spacial score (nSPS) is 10.8. The molecule has 4 aromatic rings. The lowest BCUT2D eigenvalue weighted by molar-refractivity contribution is 0.102. The number of carbonyl (C=O) groups is 1. The summed E-state index contributed by atoms with van der Waals surface area (Å²) in [5.41, 5.74) is -0.639. The fraction of sp³-hybridized carbons (Fsp3) is 0. The number of hydrogen-bond donors (Lipinski definition) is 2. The molecule has 0 bridgehead atoms. The summed E-state index contributed by atoms with van der Waals surface area (Å²) in [4.78, 5) is 30.1. The summed E-state index contributed by atoms with van der Waals surface area (Å²) >= 11 is 5.84. The van der Waals surface area contributed by atoms with Crippen LogP contribution in [0.2, 0.25) is 5.02 Å². The van der Waals surface area contributed by atoms with Crippen LogP contribution >= 0.6 is 11.6 Å². The molecule has 0 fully saturated rings. The van der Waals surface area contributed by atoms with Crippen LogP contribution in [0.25, 0.3) is 16.7 Å². The summed E-state index contributed by atoms with van der Waals surface area (Å²) in [5.74, 6) is -1.87. The van der Waals surface area contributed by atoms with Gasteiger partial charge in [-0.15, -0.1) is 0 Å². The summed E-state index contributed by atoms with van der Waals surface area (Å²) in [6.07, 6.45) is 1.43. The molecule has 0 atom stereocenters.